The minimum absolute atomic E-state index is 0.0223. The van der Waals surface area contributed by atoms with Crippen molar-refractivity contribution in [2.24, 2.45) is 5.92 Å². The summed E-state index contributed by atoms with van der Waals surface area (Å²) in [5.41, 5.74) is -0.890. The first kappa shape index (κ1) is 61.5. The quantitative estimate of drug-likeness (QED) is 0.0471. The molecule has 1 aromatic rings. The zero-order valence-corrected chi connectivity index (χ0v) is 45.6. The molecule has 8 atom stereocenters. The van der Waals surface area contributed by atoms with Crippen LogP contribution in [0.1, 0.15) is 58.4 Å². The Hall–Kier alpha value is -4.40. The standard InChI is InChI=1S/C51H75ClN4O18S/c1-33-9-8-10-40(65-6)51(63)32-38(72-49(62)54-51)34(2)47-50(3,74-47)41(31-43(58)55(4)36-28-35(27-33)29-37(64-5)46(36)52)73-45(60)12-15-66-17-19-68-21-23-70-25-26-71-24-22-69-20-18-67-16-13-53-42(57)11-14-56-44(59)30-39(75-7)48(56)61/h8-10,28-29,34,38-41,47,63H,11-27,30-32H2,1-7H3,(H,53,57)(H,54,62)/b10-8+,33-9+/t34-,38+,39?,40-,41+,47+,50+,51+/m1/s1. The first-order valence-electron chi connectivity index (χ1n) is 25.1. The second kappa shape index (κ2) is 30.5. The van der Waals surface area contributed by atoms with E-state index < -0.39 is 59.6 Å². The predicted molar refractivity (Wildman–Crippen MR) is 275 cm³/mol. The highest BCUT2D eigenvalue weighted by molar-refractivity contribution is 8.00. The number of aliphatic hydroxyl groups is 1. The van der Waals surface area contributed by atoms with Crippen molar-refractivity contribution in [1.29, 1.82) is 0 Å². The molecular weight excluding hydrogens is 1020 g/mol. The normalized spacial score (nSPS) is 27.2. The lowest BCUT2D eigenvalue weighted by Gasteiger charge is -2.42. The lowest BCUT2D eigenvalue weighted by molar-refractivity contribution is -0.155. The maximum atomic E-state index is 14.1. The van der Waals surface area contributed by atoms with Gasteiger partial charge in [-0.2, -0.15) is 11.8 Å². The smallest absolute Gasteiger partial charge is 0.409 e. The number of thioether (sulfide) groups is 1. The van der Waals surface area contributed by atoms with Crippen molar-refractivity contribution < 1.29 is 86.0 Å². The molecule has 420 valence electrons. The number of carbonyl (C=O) groups excluding carboxylic acids is 6. The van der Waals surface area contributed by atoms with Crippen molar-refractivity contribution in [1.82, 2.24) is 15.5 Å². The van der Waals surface area contributed by atoms with Crippen LogP contribution in [0.4, 0.5) is 10.5 Å². The maximum absolute atomic E-state index is 14.1. The van der Waals surface area contributed by atoms with E-state index in [1.807, 2.05) is 13.0 Å². The van der Waals surface area contributed by atoms with Gasteiger partial charge in [-0.1, -0.05) is 42.3 Å². The topological polar surface area (TPSA) is 258 Å². The number of fused-ring (bicyclic) bond motifs is 5. The predicted octanol–water partition coefficient (Wildman–Crippen LogP) is 3.15. The number of amides is 5. The lowest BCUT2D eigenvalue weighted by Crippen LogP contribution is -2.63. The SMILES string of the molecule is COc1cc2cc(c1Cl)N(C)C(=O)C[C@H](OC(=O)CCOCCOCCOCCOCCOCCOCCNC(=O)CCN1C(=O)CC(SC)C1=O)[C@]1(C)O[C@H]1[C@H](C)[C@@H]1C[C@@](O)(NC(=O)O1)[C@H](OC)/C=C/C=C(\C)C2. The van der Waals surface area contributed by atoms with Crippen LogP contribution in [-0.2, 0) is 77.8 Å². The molecule has 0 aromatic heterocycles. The Morgan fingerprint density at radius 1 is 0.893 bits per heavy atom. The highest BCUT2D eigenvalue weighted by Gasteiger charge is 2.64. The first-order chi connectivity index (χ1) is 35.9. The average Bonchev–Trinajstić information content (AvgIpc) is 4.00. The minimum Gasteiger partial charge on any atom is -0.495 e. The molecule has 24 heteroatoms. The second-order valence-electron chi connectivity index (χ2n) is 18.6. The van der Waals surface area contributed by atoms with Crippen LogP contribution < -0.4 is 20.3 Å². The van der Waals surface area contributed by atoms with Crippen molar-refractivity contribution in [2.45, 2.75) is 100 Å². The summed E-state index contributed by atoms with van der Waals surface area (Å²) < 4.78 is 62.4. The summed E-state index contributed by atoms with van der Waals surface area (Å²) in [5, 5.41) is 16.9. The number of esters is 1. The van der Waals surface area contributed by atoms with Crippen LogP contribution in [0.15, 0.2) is 35.9 Å². The molecule has 5 amide bonds. The molecule has 4 heterocycles. The van der Waals surface area contributed by atoms with Crippen LogP contribution in [0.3, 0.4) is 0 Å². The summed E-state index contributed by atoms with van der Waals surface area (Å²) >= 11 is 8.12. The van der Waals surface area contributed by atoms with Gasteiger partial charge < -0.3 is 67.4 Å². The molecular formula is C51H75ClN4O18S. The Bertz CT molecular complexity index is 2150. The van der Waals surface area contributed by atoms with Gasteiger partial charge in [0.2, 0.25) is 23.6 Å². The number of allylic oxidation sites excluding steroid dienone is 3. The number of nitrogens with zero attached hydrogens (tertiary/aromatic N) is 2. The van der Waals surface area contributed by atoms with Crippen molar-refractivity contribution in [2.75, 3.05) is 125 Å². The molecule has 3 fully saturated rings. The number of carbonyl (C=O) groups is 6. The van der Waals surface area contributed by atoms with Gasteiger partial charge in [0.15, 0.2) is 5.72 Å². The number of methoxy groups -OCH3 is 2. The van der Waals surface area contributed by atoms with Crippen LogP contribution in [-0.4, -0.2) is 207 Å². The van der Waals surface area contributed by atoms with Gasteiger partial charge in [0, 0.05) is 52.4 Å². The number of epoxide rings is 1. The van der Waals surface area contributed by atoms with E-state index in [2.05, 4.69) is 10.6 Å². The molecule has 0 radical (unpaired) electrons. The Balaban J connectivity index is 0.968. The molecule has 4 aliphatic rings. The second-order valence-corrected chi connectivity index (χ2v) is 20.0. The zero-order chi connectivity index (χ0) is 54.5. The number of likely N-dealkylation sites (tertiary alicyclic amines) is 1. The zero-order valence-electron chi connectivity index (χ0n) is 44.1. The molecule has 75 heavy (non-hydrogen) atoms. The van der Waals surface area contributed by atoms with Gasteiger partial charge in [-0.3, -0.25) is 34.2 Å². The summed E-state index contributed by atoms with van der Waals surface area (Å²) in [6.45, 7) is 9.45. The third kappa shape index (κ3) is 18.4. The minimum atomic E-state index is -1.83. The number of imide groups is 1. The van der Waals surface area contributed by atoms with E-state index in [1.165, 1.54) is 30.9 Å². The average molecular weight is 1100 g/mol. The van der Waals surface area contributed by atoms with Crippen molar-refractivity contribution in [3.8, 4) is 5.75 Å². The van der Waals surface area contributed by atoms with Gasteiger partial charge >= 0.3 is 12.1 Å². The summed E-state index contributed by atoms with van der Waals surface area (Å²) in [6, 6.07) is 3.59. The molecule has 1 unspecified atom stereocenters. The Kier molecular flexibility index (Phi) is 25.0. The van der Waals surface area contributed by atoms with E-state index in [4.69, 9.17) is 63.7 Å². The van der Waals surface area contributed by atoms with Crippen molar-refractivity contribution in [3.63, 3.8) is 0 Å². The van der Waals surface area contributed by atoms with Crippen LogP contribution in [0.2, 0.25) is 5.02 Å². The highest BCUT2D eigenvalue weighted by Crippen LogP contribution is 2.49. The van der Waals surface area contributed by atoms with Crippen LogP contribution in [0.5, 0.6) is 5.75 Å². The Morgan fingerprint density at radius 2 is 1.51 bits per heavy atom. The molecule has 3 N–H and O–H groups in total. The number of nitrogens with one attached hydrogen (secondary N) is 2. The van der Waals surface area contributed by atoms with Gasteiger partial charge in [0.25, 0.3) is 0 Å². The third-order valence-electron chi connectivity index (χ3n) is 13.2. The van der Waals surface area contributed by atoms with E-state index >= 15 is 0 Å². The van der Waals surface area contributed by atoms with E-state index in [9.17, 15) is 33.9 Å². The molecule has 0 saturated carbocycles. The van der Waals surface area contributed by atoms with Gasteiger partial charge in [-0.25, -0.2) is 4.79 Å². The van der Waals surface area contributed by atoms with Crippen LogP contribution >= 0.6 is 23.4 Å². The van der Waals surface area contributed by atoms with Crippen LogP contribution in [0, 0.1) is 5.92 Å². The monoisotopic (exact) mass is 1100 g/mol. The van der Waals surface area contributed by atoms with Gasteiger partial charge in [-0.15, -0.1) is 0 Å². The maximum Gasteiger partial charge on any atom is 0.409 e. The lowest BCUT2D eigenvalue weighted by atomic mass is 9.83. The molecule has 0 spiro atoms. The number of hydrogen-bond donors (Lipinski definition) is 3. The molecule has 3 saturated heterocycles. The van der Waals surface area contributed by atoms with Crippen molar-refractivity contribution >= 4 is 64.7 Å². The molecule has 22 nitrogen and oxygen atoms in total. The molecule has 4 bridgehead atoms. The summed E-state index contributed by atoms with van der Waals surface area (Å²) in [4.78, 5) is 79.2. The third-order valence-corrected chi connectivity index (χ3v) is 14.5. The Morgan fingerprint density at radius 3 is 2.09 bits per heavy atom. The fourth-order valence-corrected chi connectivity index (χ4v) is 9.77. The van der Waals surface area contributed by atoms with Crippen LogP contribution in [0.25, 0.3) is 0 Å². The first-order valence-corrected chi connectivity index (χ1v) is 26.8. The van der Waals surface area contributed by atoms with Gasteiger partial charge in [-0.05, 0) is 44.2 Å². The van der Waals surface area contributed by atoms with Crippen molar-refractivity contribution in [3.05, 3.63) is 46.5 Å². The Labute approximate surface area is 448 Å². The van der Waals surface area contributed by atoms with Gasteiger partial charge in [0.1, 0.15) is 34.7 Å². The fourth-order valence-electron chi connectivity index (χ4n) is 8.82. The van der Waals surface area contributed by atoms with E-state index in [-0.39, 0.29) is 86.5 Å². The number of anilines is 1. The number of halogens is 1. The summed E-state index contributed by atoms with van der Waals surface area (Å²) in [5.74, 6) is -1.93. The number of ether oxygens (including phenoxy) is 11. The number of rotatable bonds is 28. The highest BCUT2D eigenvalue weighted by atomic mass is 35.5. The summed E-state index contributed by atoms with van der Waals surface area (Å²) in [6.07, 6.45) is 2.91. The van der Waals surface area contributed by atoms with E-state index in [0.717, 1.165) is 16.0 Å². The molecule has 0 aliphatic carbocycles. The molecule has 1 aromatic carbocycles. The summed E-state index contributed by atoms with van der Waals surface area (Å²) in [7, 11) is 4.50. The van der Waals surface area contributed by atoms with E-state index in [1.54, 1.807) is 51.4 Å². The molecule has 5 rings (SSSR count). The molecule has 4 aliphatic heterocycles. The number of hydrogen-bond acceptors (Lipinski definition) is 19. The van der Waals surface area contributed by atoms with Gasteiger partial charge in [0.05, 0.1) is 116 Å². The number of alkyl carbamates (subject to hydrolysis) is 1. The fraction of sp³-hybridized carbons (Fsp3) is 0.686. The largest absolute Gasteiger partial charge is 0.495 e. The number of benzene rings is 1. The van der Waals surface area contributed by atoms with E-state index in [0.29, 0.717) is 83.9 Å².